The normalized spacial score (nSPS) is 23.3. The number of carbonyl (C=O) groups excluding carboxylic acids is 4. The average molecular weight is 620 g/mol. The van der Waals surface area contributed by atoms with Gasteiger partial charge in [-0.25, -0.2) is 4.39 Å². The number of halogens is 1. The van der Waals surface area contributed by atoms with Crippen LogP contribution in [0.2, 0.25) is 0 Å². The molecule has 0 aliphatic carbocycles. The maximum absolute atomic E-state index is 15.6. The third kappa shape index (κ3) is 7.17. The van der Waals surface area contributed by atoms with Gasteiger partial charge in [0.05, 0.1) is 12.1 Å². The highest BCUT2D eigenvalue weighted by Gasteiger charge is 2.53. The van der Waals surface area contributed by atoms with E-state index in [0.29, 0.717) is 17.9 Å². The quantitative estimate of drug-likeness (QED) is 0.262. The molecule has 0 radical (unpaired) electrons. The van der Waals surface area contributed by atoms with E-state index in [-0.39, 0.29) is 16.5 Å². The summed E-state index contributed by atoms with van der Waals surface area (Å²) in [4.78, 5) is 49.4. The number of rotatable bonds is 10. The SMILES string of the molecule is [2H]CC(=O)OC[C@H]1OC(n2cc(C(O)c3ccc(OCC)cc3)c3c(F)cccc32)[C@H](OC(=O)C[2H])[C@@H](OC(=O)C[2H])[C@@H]1OC(=O)C[2H]. The van der Waals surface area contributed by atoms with Crippen LogP contribution < -0.4 is 4.74 Å². The predicted octanol–water partition coefficient (Wildman–Crippen LogP) is 3.52. The van der Waals surface area contributed by atoms with Gasteiger partial charge >= 0.3 is 23.9 Å². The number of aliphatic hydroxyl groups is 1. The first kappa shape index (κ1) is 27.1. The lowest BCUT2D eigenvalue weighted by Crippen LogP contribution is -2.60. The summed E-state index contributed by atoms with van der Waals surface area (Å²) in [7, 11) is 0. The smallest absolute Gasteiger partial charge is 0.303 e. The van der Waals surface area contributed by atoms with Gasteiger partial charge in [-0.05, 0) is 36.8 Å². The molecule has 44 heavy (non-hydrogen) atoms. The molecule has 0 saturated carbocycles. The van der Waals surface area contributed by atoms with Crippen molar-refractivity contribution in [1.82, 2.24) is 4.57 Å². The Morgan fingerprint density at radius 1 is 0.932 bits per heavy atom. The fourth-order valence-corrected chi connectivity index (χ4v) is 5.09. The lowest BCUT2D eigenvalue weighted by atomic mass is 9.97. The number of nitrogens with zero attached hydrogens (tertiary/aromatic N) is 1. The first-order valence-electron chi connectivity index (χ1n) is 16.2. The Morgan fingerprint density at radius 2 is 1.57 bits per heavy atom. The van der Waals surface area contributed by atoms with E-state index >= 15 is 4.39 Å². The van der Waals surface area contributed by atoms with Gasteiger partial charge < -0.3 is 38.1 Å². The van der Waals surface area contributed by atoms with Gasteiger partial charge in [-0.3, -0.25) is 19.2 Å². The molecule has 1 aliphatic rings. The van der Waals surface area contributed by atoms with E-state index < -0.39 is 101 Å². The van der Waals surface area contributed by atoms with Crippen molar-refractivity contribution >= 4 is 34.8 Å². The molecule has 13 heteroatoms. The highest BCUT2D eigenvalue weighted by molar-refractivity contribution is 5.85. The van der Waals surface area contributed by atoms with Gasteiger partial charge in [0.15, 0.2) is 24.5 Å². The number of hydrogen-bond donors (Lipinski definition) is 1. The van der Waals surface area contributed by atoms with Crippen molar-refractivity contribution in [2.45, 2.75) is 71.3 Å². The Kier molecular flexibility index (Phi) is 8.54. The molecule has 1 N–H and O–H groups in total. The number of aromatic nitrogens is 1. The van der Waals surface area contributed by atoms with Gasteiger partial charge in [-0.1, -0.05) is 18.2 Å². The van der Waals surface area contributed by atoms with E-state index in [1.807, 2.05) is 6.92 Å². The molecule has 12 nitrogen and oxygen atoms in total. The summed E-state index contributed by atoms with van der Waals surface area (Å²) in [6.07, 6.45) is -8.29. The summed E-state index contributed by atoms with van der Waals surface area (Å²) in [6, 6.07) is 10.5. The van der Waals surface area contributed by atoms with Crippen LogP contribution in [-0.4, -0.2) is 71.2 Å². The van der Waals surface area contributed by atoms with Crippen molar-refractivity contribution in [2.24, 2.45) is 0 Å². The Morgan fingerprint density at radius 3 is 2.20 bits per heavy atom. The van der Waals surface area contributed by atoms with Crippen LogP contribution in [0.3, 0.4) is 0 Å². The highest BCUT2D eigenvalue weighted by Crippen LogP contribution is 2.40. The van der Waals surface area contributed by atoms with Crippen LogP contribution in [0.1, 0.15) is 63.5 Å². The topological polar surface area (TPSA) is 149 Å². The third-order valence-electron chi connectivity index (χ3n) is 6.73. The Balaban J connectivity index is 1.90. The molecule has 2 heterocycles. The largest absolute Gasteiger partial charge is 0.494 e. The van der Waals surface area contributed by atoms with E-state index in [0.717, 1.165) is 0 Å². The molecular weight excluding hydrogens is 581 g/mol. The van der Waals surface area contributed by atoms with E-state index in [4.69, 9.17) is 33.9 Å². The summed E-state index contributed by atoms with van der Waals surface area (Å²) in [5, 5.41) is 11.4. The van der Waals surface area contributed by atoms with Gasteiger partial charge in [0.2, 0.25) is 0 Å². The molecule has 0 amide bonds. The number of carbonyl (C=O) groups is 4. The second-order valence-corrected chi connectivity index (χ2v) is 9.64. The molecule has 236 valence electrons. The zero-order valence-electron chi connectivity index (χ0n) is 27.7. The van der Waals surface area contributed by atoms with Gasteiger partial charge in [0.1, 0.15) is 30.4 Å². The molecule has 1 aliphatic heterocycles. The number of esters is 4. The molecule has 2 aromatic carbocycles. The standard InChI is InChI=1S/C31H34FNO11/c1-6-39-21-12-10-20(11-13-21)27(38)22-14-33(24-9-7-8-23(32)26(22)24)31-30(43-19(5)37)29(42-18(4)36)28(41-17(3)35)25(44-31)15-40-16(2)34/h7-14,25,27-31,38H,6,15H2,1-5H3/t25-,27?,28-,29+,30-,31?/m1/s1/i2D,3D,4D,5D. The van der Waals surface area contributed by atoms with Crippen molar-refractivity contribution in [3.8, 4) is 5.75 Å². The molecule has 0 spiro atoms. The van der Waals surface area contributed by atoms with E-state index in [1.165, 1.54) is 29.0 Å². The molecule has 1 saturated heterocycles. The second-order valence-electron chi connectivity index (χ2n) is 9.64. The zero-order valence-corrected chi connectivity index (χ0v) is 23.7. The lowest BCUT2D eigenvalue weighted by Gasteiger charge is -2.44. The van der Waals surface area contributed by atoms with Gasteiger partial charge in [0, 0.05) is 50.2 Å². The number of fused-ring (bicyclic) bond motifs is 1. The number of hydrogen-bond acceptors (Lipinski definition) is 11. The van der Waals surface area contributed by atoms with Crippen LogP contribution in [0.25, 0.3) is 10.9 Å². The first-order chi connectivity index (χ1) is 23.1. The van der Waals surface area contributed by atoms with Gasteiger partial charge in [-0.15, -0.1) is 0 Å². The summed E-state index contributed by atoms with van der Waals surface area (Å²) in [6.45, 7) is -1.91. The van der Waals surface area contributed by atoms with E-state index in [9.17, 15) is 24.3 Å². The van der Waals surface area contributed by atoms with E-state index in [2.05, 4.69) is 0 Å². The monoisotopic (exact) mass is 619 g/mol. The summed E-state index contributed by atoms with van der Waals surface area (Å²) >= 11 is 0. The summed E-state index contributed by atoms with van der Waals surface area (Å²) in [5.74, 6) is -4.56. The minimum absolute atomic E-state index is 0.0484. The Labute approximate surface area is 258 Å². The molecule has 6 atom stereocenters. The maximum Gasteiger partial charge on any atom is 0.303 e. The van der Waals surface area contributed by atoms with Crippen molar-refractivity contribution < 1.29 is 62.6 Å². The van der Waals surface area contributed by atoms with Crippen LogP contribution in [-0.2, 0) is 42.9 Å². The Bertz CT molecular complexity index is 1610. The molecular formula is C31H34FNO11. The average Bonchev–Trinajstić information content (AvgIpc) is 3.49. The molecule has 1 aromatic heterocycles. The maximum atomic E-state index is 15.6. The van der Waals surface area contributed by atoms with Crippen LogP contribution in [0.4, 0.5) is 4.39 Å². The minimum atomic E-state index is -1.75. The van der Waals surface area contributed by atoms with Crippen LogP contribution >= 0.6 is 0 Å². The van der Waals surface area contributed by atoms with E-state index in [1.54, 1.807) is 24.3 Å². The summed E-state index contributed by atoms with van der Waals surface area (Å²) < 4.78 is 79.6. The van der Waals surface area contributed by atoms with Crippen LogP contribution in [0, 0.1) is 5.82 Å². The molecule has 0 bridgehead atoms. The van der Waals surface area contributed by atoms with Crippen molar-refractivity contribution in [3.63, 3.8) is 0 Å². The predicted molar refractivity (Wildman–Crippen MR) is 151 cm³/mol. The van der Waals surface area contributed by atoms with Crippen molar-refractivity contribution in [3.05, 3.63) is 65.6 Å². The third-order valence-corrected chi connectivity index (χ3v) is 6.73. The fourth-order valence-electron chi connectivity index (χ4n) is 5.09. The van der Waals surface area contributed by atoms with Crippen molar-refractivity contribution in [1.29, 1.82) is 0 Å². The molecule has 1 fully saturated rings. The second kappa shape index (κ2) is 13.9. The van der Waals surface area contributed by atoms with Gasteiger partial charge in [-0.2, -0.15) is 0 Å². The number of benzene rings is 2. The lowest BCUT2D eigenvalue weighted by molar-refractivity contribution is -0.267. The number of aliphatic hydroxyl groups excluding tert-OH is 1. The van der Waals surface area contributed by atoms with Crippen LogP contribution in [0.5, 0.6) is 5.75 Å². The highest BCUT2D eigenvalue weighted by atomic mass is 19.1. The van der Waals surface area contributed by atoms with Crippen LogP contribution in [0.15, 0.2) is 48.7 Å². The van der Waals surface area contributed by atoms with Gasteiger partial charge in [0.25, 0.3) is 0 Å². The van der Waals surface area contributed by atoms with Crippen molar-refractivity contribution in [2.75, 3.05) is 13.2 Å². The zero-order chi connectivity index (χ0) is 35.0. The molecule has 4 rings (SSSR count). The first-order valence-corrected chi connectivity index (χ1v) is 13.3. The Hall–Kier alpha value is -4.49. The molecule has 3 aromatic rings. The summed E-state index contributed by atoms with van der Waals surface area (Å²) in [5.41, 5.74) is 0.536. The molecule has 2 unspecified atom stereocenters. The number of ether oxygens (including phenoxy) is 6. The fraction of sp³-hybridized carbons (Fsp3) is 0.419. The minimum Gasteiger partial charge on any atom is -0.494 e.